The molecule has 0 N–H and O–H groups in total. The summed E-state index contributed by atoms with van der Waals surface area (Å²) in [6.45, 7) is 0. The van der Waals surface area contributed by atoms with E-state index in [-0.39, 0.29) is 0 Å². The molecule has 0 atom stereocenters. The molecule has 7 heteroatoms. The Morgan fingerprint density at radius 2 is 0.960 bits per heavy atom. The number of hydrogen-bond donors (Lipinski definition) is 0. The highest BCUT2D eigenvalue weighted by atomic mass is 32.1. The fourth-order valence-corrected chi connectivity index (χ4v) is 7.79. The topological polar surface area (TPSA) is 77.6 Å². The van der Waals surface area contributed by atoms with Crippen LogP contribution in [0.2, 0.25) is 0 Å². The highest BCUT2D eigenvalue weighted by Crippen LogP contribution is 2.44. The van der Waals surface area contributed by atoms with Crippen molar-refractivity contribution in [1.82, 2.24) is 24.9 Å². The van der Waals surface area contributed by atoms with Crippen LogP contribution in [0.3, 0.4) is 0 Å². The van der Waals surface area contributed by atoms with Crippen molar-refractivity contribution in [3.8, 4) is 56.8 Å². The van der Waals surface area contributed by atoms with Crippen LogP contribution in [-0.4, -0.2) is 24.9 Å². The Hall–Kier alpha value is -6.57. The second-order valence-corrected chi connectivity index (χ2v) is 13.1. The molecule has 0 aliphatic carbocycles. The van der Waals surface area contributed by atoms with Gasteiger partial charge in [-0.05, 0) is 18.2 Å². The maximum Gasteiger partial charge on any atom is 0.167 e. The number of aromatic nitrogens is 5. The van der Waals surface area contributed by atoms with Gasteiger partial charge in [-0.2, -0.15) is 0 Å². The van der Waals surface area contributed by atoms with Crippen LogP contribution in [0.25, 0.3) is 99.1 Å². The lowest BCUT2D eigenvalue weighted by molar-refractivity contribution is 0.669. The first kappa shape index (κ1) is 28.4. The summed E-state index contributed by atoms with van der Waals surface area (Å²) in [5.41, 5.74) is 7.88. The Morgan fingerprint density at radius 1 is 0.420 bits per heavy atom. The smallest absolute Gasteiger partial charge is 0.167 e. The minimum absolute atomic E-state index is 0.546. The maximum atomic E-state index is 6.74. The Bertz CT molecular complexity index is 2810. The summed E-state index contributed by atoms with van der Waals surface area (Å²) >= 11 is 1.72. The largest absolute Gasteiger partial charge is 0.455 e. The van der Waals surface area contributed by atoms with Gasteiger partial charge in [0.1, 0.15) is 11.2 Å². The number of thiophene rings is 1. The normalized spacial score (nSPS) is 11.6. The van der Waals surface area contributed by atoms with Crippen LogP contribution in [-0.2, 0) is 0 Å². The van der Waals surface area contributed by atoms with E-state index in [0.29, 0.717) is 28.9 Å². The zero-order valence-corrected chi connectivity index (χ0v) is 27.3. The van der Waals surface area contributed by atoms with Gasteiger partial charge in [0.05, 0.1) is 21.5 Å². The molecule has 6 aromatic carbocycles. The van der Waals surface area contributed by atoms with Crippen molar-refractivity contribution >= 4 is 53.6 Å². The van der Waals surface area contributed by atoms with Crippen LogP contribution in [0, 0.1) is 0 Å². The quantitative estimate of drug-likeness (QED) is 0.183. The van der Waals surface area contributed by atoms with Gasteiger partial charge in [-0.25, -0.2) is 24.9 Å². The van der Waals surface area contributed by atoms with Gasteiger partial charge in [-0.15, -0.1) is 11.3 Å². The van der Waals surface area contributed by atoms with Crippen molar-refractivity contribution in [2.45, 2.75) is 0 Å². The molecule has 4 heterocycles. The molecule has 0 saturated heterocycles. The summed E-state index contributed by atoms with van der Waals surface area (Å²) in [4.78, 5) is 25.3. The second-order valence-electron chi connectivity index (χ2n) is 12.0. The standard InChI is InChI=1S/C43H25N5OS/c1-4-14-26(15-5-1)40-44-36-29-20-10-11-25-34(29)50-39(36)37(45-40)30-21-13-24-33-35(30)31-22-12-23-32(38(31)49-33)43-47-41(27-16-6-2-7-17-27)46-42(48-43)28-18-8-3-9-19-28/h1-25H. The van der Waals surface area contributed by atoms with E-state index in [1.165, 1.54) is 4.70 Å². The third kappa shape index (κ3) is 4.67. The molecule has 0 amide bonds. The number of nitrogens with zero attached hydrogens (tertiary/aromatic N) is 5. The summed E-state index contributed by atoms with van der Waals surface area (Å²) in [6.07, 6.45) is 0. The maximum absolute atomic E-state index is 6.74. The number of para-hydroxylation sites is 1. The first-order chi connectivity index (χ1) is 24.8. The summed E-state index contributed by atoms with van der Waals surface area (Å²) in [6, 6.07) is 51.0. The highest BCUT2D eigenvalue weighted by molar-refractivity contribution is 7.26. The van der Waals surface area contributed by atoms with Gasteiger partial charge in [0.25, 0.3) is 0 Å². The Balaban J connectivity index is 1.23. The molecular weight excluding hydrogens is 635 g/mol. The SMILES string of the molecule is c1ccc(-c2nc(-c3ccccc3)nc(-c3cccc4c3oc3cccc(-c5nc(-c6ccccc6)nc6c5sc5ccccc56)c34)n2)cc1. The molecule has 6 nitrogen and oxygen atoms in total. The summed E-state index contributed by atoms with van der Waals surface area (Å²) in [5.74, 6) is 2.44. The van der Waals surface area contributed by atoms with E-state index in [0.717, 1.165) is 65.5 Å². The molecule has 4 aromatic heterocycles. The molecule has 10 aromatic rings. The van der Waals surface area contributed by atoms with E-state index < -0.39 is 0 Å². The molecule has 0 bridgehead atoms. The summed E-state index contributed by atoms with van der Waals surface area (Å²) in [5, 5.41) is 3.07. The van der Waals surface area contributed by atoms with E-state index in [9.17, 15) is 0 Å². The van der Waals surface area contributed by atoms with Gasteiger partial charge in [-0.3, -0.25) is 0 Å². The monoisotopic (exact) mass is 659 g/mol. The molecule has 10 rings (SSSR count). The molecule has 50 heavy (non-hydrogen) atoms. The number of furan rings is 1. The van der Waals surface area contributed by atoms with Gasteiger partial charge in [-0.1, -0.05) is 133 Å². The Kier molecular flexibility index (Phi) is 6.57. The first-order valence-corrected chi connectivity index (χ1v) is 17.2. The molecule has 0 aliphatic heterocycles. The third-order valence-corrected chi connectivity index (χ3v) is 10.1. The molecule has 0 fully saturated rings. The number of benzene rings is 6. The number of rotatable bonds is 5. The predicted octanol–water partition coefficient (Wildman–Crippen LogP) is 11.3. The minimum Gasteiger partial charge on any atom is -0.455 e. The van der Waals surface area contributed by atoms with Crippen molar-refractivity contribution in [3.05, 3.63) is 152 Å². The average molecular weight is 660 g/mol. The highest BCUT2D eigenvalue weighted by Gasteiger charge is 2.22. The van der Waals surface area contributed by atoms with Gasteiger partial charge >= 0.3 is 0 Å². The summed E-state index contributed by atoms with van der Waals surface area (Å²) < 4.78 is 8.95. The van der Waals surface area contributed by atoms with Gasteiger partial charge in [0.2, 0.25) is 0 Å². The van der Waals surface area contributed by atoms with Crippen LogP contribution >= 0.6 is 11.3 Å². The Labute approximate surface area is 290 Å². The fourth-order valence-electron chi connectivity index (χ4n) is 6.64. The zero-order valence-electron chi connectivity index (χ0n) is 26.5. The van der Waals surface area contributed by atoms with E-state index in [1.54, 1.807) is 11.3 Å². The molecule has 0 radical (unpaired) electrons. The predicted molar refractivity (Wildman–Crippen MR) is 203 cm³/mol. The van der Waals surface area contributed by atoms with Crippen molar-refractivity contribution in [2.24, 2.45) is 0 Å². The molecule has 0 saturated carbocycles. The van der Waals surface area contributed by atoms with Gasteiger partial charge < -0.3 is 4.42 Å². The molecular formula is C43H25N5OS. The molecule has 0 aliphatic rings. The van der Waals surface area contributed by atoms with Crippen LogP contribution in [0.1, 0.15) is 0 Å². The first-order valence-electron chi connectivity index (χ1n) is 16.3. The Morgan fingerprint density at radius 3 is 1.64 bits per heavy atom. The van der Waals surface area contributed by atoms with Crippen LogP contribution in [0.5, 0.6) is 0 Å². The second kappa shape index (κ2) is 11.5. The van der Waals surface area contributed by atoms with E-state index in [1.807, 2.05) is 103 Å². The van der Waals surface area contributed by atoms with E-state index in [2.05, 4.69) is 48.5 Å². The van der Waals surface area contributed by atoms with Crippen molar-refractivity contribution in [3.63, 3.8) is 0 Å². The third-order valence-electron chi connectivity index (χ3n) is 8.97. The van der Waals surface area contributed by atoms with E-state index >= 15 is 0 Å². The van der Waals surface area contributed by atoms with Crippen LogP contribution < -0.4 is 0 Å². The van der Waals surface area contributed by atoms with Crippen molar-refractivity contribution < 1.29 is 4.42 Å². The minimum atomic E-state index is 0.546. The van der Waals surface area contributed by atoms with E-state index in [4.69, 9.17) is 29.3 Å². The number of hydrogen-bond acceptors (Lipinski definition) is 7. The lowest BCUT2D eigenvalue weighted by Crippen LogP contribution is -2.00. The lowest BCUT2D eigenvalue weighted by Gasteiger charge is -2.09. The average Bonchev–Trinajstić information content (AvgIpc) is 3.77. The molecule has 0 spiro atoms. The van der Waals surface area contributed by atoms with Crippen LogP contribution in [0.4, 0.5) is 0 Å². The van der Waals surface area contributed by atoms with Crippen LogP contribution in [0.15, 0.2) is 156 Å². The molecule has 0 unspecified atom stereocenters. The zero-order chi connectivity index (χ0) is 33.0. The molecule has 234 valence electrons. The van der Waals surface area contributed by atoms with Crippen molar-refractivity contribution in [1.29, 1.82) is 0 Å². The van der Waals surface area contributed by atoms with Gasteiger partial charge in [0, 0.05) is 43.1 Å². The van der Waals surface area contributed by atoms with Crippen molar-refractivity contribution in [2.75, 3.05) is 0 Å². The lowest BCUT2D eigenvalue weighted by atomic mass is 10.0. The number of fused-ring (bicyclic) bond motifs is 6. The fraction of sp³-hybridized carbons (Fsp3) is 0. The van der Waals surface area contributed by atoms with Gasteiger partial charge in [0.15, 0.2) is 23.3 Å². The summed E-state index contributed by atoms with van der Waals surface area (Å²) in [7, 11) is 0.